The molecule has 0 aliphatic rings. The van der Waals surface area contributed by atoms with Crippen molar-refractivity contribution in [1.82, 2.24) is 10.2 Å². The van der Waals surface area contributed by atoms with Crippen molar-refractivity contribution in [3.8, 4) is 0 Å². The van der Waals surface area contributed by atoms with Crippen molar-refractivity contribution >= 4 is 37.9 Å². The van der Waals surface area contributed by atoms with Gasteiger partial charge in [-0.05, 0) is 6.07 Å². The molecule has 0 radical (unpaired) electrons. The minimum atomic E-state index is -4.13. The molecule has 1 aromatic carbocycles. The van der Waals surface area contributed by atoms with Crippen LogP contribution >= 0.6 is 11.3 Å². The number of benzene rings is 1. The summed E-state index contributed by atoms with van der Waals surface area (Å²) in [5, 5.41) is 17.2. The van der Waals surface area contributed by atoms with E-state index in [9.17, 15) is 22.9 Å². The minimum Gasteiger partial charge on any atom is -0.374 e. The molecule has 3 N–H and O–H groups in total. The maximum Gasteiger partial charge on any atom is 0.291 e. The summed E-state index contributed by atoms with van der Waals surface area (Å²) in [4.78, 5) is 9.73. The molecule has 0 aliphatic heterocycles. The zero-order chi connectivity index (χ0) is 14.9. The molecule has 9 nitrogen and oxygen atoms in total. The van der Waals surface area contributed by atoms with E-state index in [1.54, 1.807) is 0 Å². The largest absolute Gasteiger partial charge is 0.374 e. The third kappa shape index (κ3) is 2.97. The van der Waals surface area contributed by atoms with Gasteiger partial charge >= 0.3 is 0 Å². The summed E-state index contributed by atoms with van der Waals surface area (Å²) in [6, 6.07) is 2.35. The Hall–Kier alpha value is -2.34. The summed E-state index contributed by atoms with van der Waals surface area (Å²) < 4.78 is 38.4. The van der Waals surface area contributed by atoms with E-state index in [1.807, 2.05) is 4.72 Å². The Labute approximate surface area is 115 Å². The van der Waals surface area contributed by atoms with Gasteiger partial charge in [-0.1, -0.05) is 11.3 Å². The van der Waals surface area contributed by atoms with Gasteiger partial charge in [-0.2, -0.15) is 8.42 Å². The van der Waals surface area contributed by atoms with Gasteiger partial charge in [0.05, 0.1) is 16.7 Å². The van der Waals surface area contributed by atoms with Gasteiger partial charge in [-0.25, -0.2) is 4.39 Å². The fraction of sp³-hybridized carbons (Fsp3) is 0. The first-order valence-corrected chi connectivity index (χ1v) is 7.15. The van der Waals surface area contributed by atoms with Crippen LogP contribution in [-0.2, 0) is 10.0 Å². The van der Waals surface area contributed by atoms with Crippen LogP contribution in [0.3, 0.4) is 0 Å². The van der Waals surface area contributed by atoms with Crippen molar-refractivity contribution in [3.05, 3.63) is 34.1 Å². The molecule has 0 spiro atoms. The zero-order valence-corrected chi connectivity index (χ0v) is 11.1. The highest BCUT2D eigenvalue weighted by Crippen LogP contribution is 2.24. The number of rotatable bonds is 4. The van der Waals surface area contributed by atoms with E-state index in [0.29, 0.717) is 17.4 Å². The van der Waals surface area contributed by atoms with Crippen LogP contribution in [0.15, 0.2) is 22.5 Å². The number of nitrogens with one attached hydrogen (secondary N) is 1. The van der Waals surface area contributed by atoms with E-state index in [1.165, 1.54) is 0 Å². The average molecular weight is 319 g/mol. The Morgan fingerprint density at radius 2 is 2.05 bits per heavy atom. The number of anilines is 2. The molecule has 0 bridgehead atoms. The molecule has 0 fully saturated rings. The van der Waals surface area contributed by atoms with E-state index in [-0.39, 0.29) is 10.8 Å². The maximum atomic E-state index is 13.2. The van der Waals surface area contributed by atoms with Crippen LogP contribution in [0.1, 0.15) is 0 Å². The smallest absolute Gasteiger partial charge is 0.291 e. The number of nitrogens with zero attached hydrogens (tertiary/aromatic N) is 3. The van der Waals surface area contributed by atoms with Crippen LogP contribution in [0.2, 0.25) is 0 Å². The Morgan fingerprint density at radius 3 is 2.60 bits per heavy atom. The van der Waals surface area contributed by atoms with E-state index in [2.05, 4.69) is 10.2 Å². The number of nitrogens with two attached hydrogens (primary N) is 1. The lowest BCUT2D eigenvalue weighted by atomic mass is 10.3. The molecular formula is C8H6FN5O4S2. The molecule has 12 heteroatoms. The zero-order valence-electron chi connectivity index (χ0n) is 9.48. The Balaban J connectivity index is 2.37. The van der Waals surface area contributed by atoms with Gasteiger partial charge in [0.15, 0.2) is 0 Å². The van der Waals surface area contributed by atoms with Gasteiger partial charge < -0.3 is 5.73 Å². The number of sulfonamides is 1. The maximum absolute atomic E-state index is 13.2. The topological polar surface area (TPSA) is 141 Å². The molecule has 1 aromatic heterocycles. The third-order valence-electron chi connectivity index (χ3n) is 2.00. The van der Waals surface area contributed by atoms with E-state index in [4.69, 9.17) is 5.73 Å². The molecule has 2 aromatic rings. The lowest BCUT2D eigenvalue weighted by Crippen LogP contribution is -2.13. The Bertz CT molecular complexity index is 775. The standard InChI is InChI=1S/C8H6FN5O4S2/c9-4-1-5(3-6(2-4)14(15)16)13-20(17,18)8-12-11-7(10)19-8/h1-3,13H,(H2,10,11). The Kier molecular flexibility index (Phi) is 3.50. The molecule has 0 amide bonds. The normalized spacial score (nSPS) is 11.2. The first-order chi connectivity index (χ1) is 9.28. The predicted octanol–water partition coefficient (Wildman–Crippen LogP) is 0.968. The SMILES string of the molecule is Nc1nnc(S(=O)(=O)Nc2cc(F)cc([N+](=O)[O-])c2)s1. The number of hydrogen-bond donors (Lipinski definition) is 2. The van der Waals surface area contributed by atoms with Crippen LogP contribution in [0.5, 0.6) is 0 Å². The molecule has 0 aliphatic carbocycles. The van der Waals surface area contributed by atoms with Crippen LogP contribution < -0.4 is 10.5 Å². The molecule has 1 heterocycles. The fourth-order valence-electron chi connectivity index (χ4n) is 1.27. The van der Waals surface area contributed by atoms with E-state index >= 15 is 0 Å². The number of nitro benzene ring substituents is 1. The Morgan fingerprint density at radius 1 is 1.35 bits per heavy atom. The highest BCUT2D eigenvalue weighted by atomic mass is 32.2. The number of nitrogen functional groups attached to an aromatic ring is 1. The van der Waals surface area contributed by atoms with Crippen LogP contribution in [-0.4, -0.2) is 23.5 Å². The molecule has 0 saturated heterocycles. The summed E-state index contributed by atoms with van der Waals surface area (Å²) in [5.41, 5.74) is 4.38. The molecule has 106 valence electrons. The molecule has 0 saturated carbocycles. The highest BCUT2D eigenvalue weighted by Gasteiger charge is 2.21. The number of aromatic nitrogens is 2. The lowest BCUT2D eigenvalue weighted by Gasteiger charge is -2.04. The number of non-ortho nitro benzene ring substituents is 1. The summed E-state index contributed by atoms with van der Waals surface area (Å²) in [6.45, 7) is 0. The summed E-state index contributed by atoms with van der Waals surface area (Å²) in [7, 11) is -4.13. The molecule has 0 unspecified atom stereocenters. The summed E-state index contributed by atoms with van der Waals surface area (Å²) in [5.74, 6) is -0.950. The monoisotopic (exact) mass is 319 g/mol. The van der Waals surface area contributed by atoms with Crippen molar-refractivity contribution in [1.29, 1.82) is 0 Å². The van der Waals surface area contributed by atoms with Crippen LogP contribution in [0.4, 0.5) is 20.9 Å². The van der Waals surface area contributed by atoms with E-state index in [0.717, 1.165) is 12.1 Å². The van der Waals surface area contributed by atoms with Crippen molar-refractivity contribution in [2.75, 3.05) is 10.5 Å². The molecular weight excluding hydrogens is 313 g/mol. The minimum absolute atomic E-state index is 0.0596. The first-order valence-electron chi connectivity index (χ1n) is 4.85. The van der Waals surface area contributed by atoms with E-state index < -0.39 is 30.8 Å². The van der Waals surface area contributed by atoms with Crippen molar-refractivity contribution < 1.29 is 17.7 Å². The van der Waals surface area contributed by atoms with Crippen molar-refractivity contribution in [2.45, 2.75) is 4.34 Å². The van der Waals surface area contributed by atoms with Gasteiger partial charge in [0.1, 0.15) is 5.82 Å². The predicted molar refractivity (Wildman–Crippen MR) is 68.2 cm³/mol. The van der Waals surface area contributed by atoms with Gasteiger partial charge in [-0.3, -0.25) is 14.8 Å². The lowest BCUT2D eigenvalue weighted by molar-refractivity contribution is -0.385. The van der Waals surface area contributed by atoms with Crippen molar-refractivity contribution in [2.24, 2.45) is 0 Å². The second-order valence-electron chi connectivity index (χ2n) is 3.47. The highest BCUT2D eigenvalue weighted by molar-refractivity contribution is 7.94. The van der Waals surface area contributed by atoms with Crippen LogP contribution in [0.25, 0.3) is 0 Å². The number of hydrogen-bond acceptors (Lipinski definition) is 8. The number of halogens is 1. The summed E-state index contributed by atoms with van der Waals surface area (Å²) >= 11 is 0.606. The van der Waals surface area contributed by atoms with Crippen molar-refractivity contribution in [3.63, 3.8) is 0 Å². The molecule has 2 rings (SSSR count). The van der Waals surface area contributed by atoms with Gasteiger partial charge in [0.2, 0.25) is 5.13 Å². The fourth-order valence-corrected chi connectivity index (χ4v) is 3.09. The van der Waals surface area contributed by atoms with Gasteiger partial charge in [-0.15, -0.1) is 10.2 Å². The first kappa shape index (κ1) is 14.1. The molecule has 0 atom stereocenters. The van der Waals surface area contributed by atoms with Gasteiger partial charge in [0.25, 0.3) is 20.1 Å². The molecule has 20 heavy (non-hydrogen) atoms. The third-order valence-corrected chi connectivity index (χ3v) is 4.50. The van der Waals surface area contributed by atoms with Crippen LogP contribution in [0, 0.1) is 15.9 Å². The summed E-state index contributed by atoms with van der Waals surface area (Å²) in [6.07, 6.45) is 0. The average Bonchev–Trinajstić information content (AvgIpc) is 2.75. The number of nitro groups is 1. The second kappa shape index (κ2) is 4.97. The van der Waals surface area contributed by atoms with Gasteiger partial charge in [0, 0.05) is 6.07 Å². The quantitative estimate of drug-likeness (QED) is 0.631. The second-order valence-corrected chi connectivity index (χ2v) is 6.33.